The second-order valence-corrected chi connectivity index (χ2v) is 9.93. The molecule has 0 aliphatic carbocycles. The molecule has 1 aromatic carbocycles. The molecule has 188 valence electrons. The van der Waals surface area contributed by atoms with E-state index in [1.807, 2.05) is 29.0 Å². The van der Waals surface area contributed by atoms with E-state index < -0.39 is 5.69 Å². The van der Waals surface area contributed by atoms with Crippen LogP contribution in [-0.2, 0) is 22.6 Å². The fraction of sp³-hybridized carbons (Fsp3) is 0.556. The van der Waals surface area contributed by atoms with Crippen molar-refractivity contribution in [2.75, 3.05) is 33.3 Å². The van der Waals surface area contributed by atoms with Crippen molar-refractivity contribution in [3.63, 3.8) is 0 Å². The van der Waals surface area contributed by atoms with Gasteiger partial charge in [0, 0.05) is 45.5 Å². The van der Waals surface area contributed by atoms with Crippen LogP contribution in [0.5, 0.6) is 5.75 Å². The topological polar surface area (TPSA) is 84.7 Å². The van der Waals surface area contributed by atoms with Crippen LogP contribution in [0.3, 0.4) is 0 Å². The van der Waals surface area contributed by atoms with Crippen LogP contribution in [0.1, 0.15) is 50.5 Å². The summed E-state index contributed by atoms with van der Waals surface area (Å²) in [6.45, 7) is 2.56. The summed E-state index contributed by atoms with van der Waals surface area (Å²) in [5.41, 5.74) is 0.826. The second-order valence-electron chi connectivity index (χ2n) is 9.93. The zero-order chi connectivity index (χ0) is 24.7. The fourth-order valence-corrected chi connectivity index (χ4v) is 5.33. The molecular formula is C27H36N4O4. The number of carbonyl (C=O) groups excluding carboxylic acids is 2. The van der Waals surface area contributed by atoms with E-state index in [0.717, 1.165) is 44.3 Å². The monoisotopic (exact) mass is 480 g/mol. The third kappa shape index (κ3) is 6.50. The lowest BCUT2D eigenvalue weighted by atomic mass is 9.73. The Balaban J connectivity index is 1.41. The summed E-state index contributed by atoms with van der Waals surface area (Å²) >= 11 is 0. The van der Waals surface area contributed by atoms with Gasteiger partial charge in [-0.15, -0.1) is 0 Å². The van der Waals surface area contributed by atoms with Crippen LogP contribution in [0.4, 0.5) is 0 Å². The van der Waals surface area contributed by atoms with Crippen molar-refractivity contribution >= 4 is 11.8 Å². The highest BCUT2D eigenvalue weighted by Crippen LogP contribution is 2.38. The molecule has 1 fully saturated rings. The summed E-state index contributed by atoms with van der Waals surface area (Å²) in [7, 11) is 1.90. The largest absolute Gasteiger partial charge is 0.493 e. The molecule has 2 aromatic rings. The first-order chi connectivity index (χ1) is 17.0. The van der Waals surface area contributed by atoms with E-state index >= 15 is 0 Å². The summed E-state index contributed by atoms with van der Waals surface area (Å²) < 4.78 is 7.33. The Morgan fingerprint density at radius 3 is 2.63 bits per heavy atom. The molecule has 2 aliphatic heterocycles. The molecule has 4 rings (SSSR count). The molecule has 8 nitrogen and oxygen atoms in total. The van der Waals surface area contributed by atoms with Crippen LogP contribution < -0.4 is 10.4 Å². The number of fused-ring (bicyclic) bond motifs is 1. The molecule has 1 spiro atoms. The molecule has 3 heterocycles. The molecule has 0 N–H and O–H groups in total. The molecule has 0 radical (unpaired) electrons. The summed E-state index contributed by atoms with van der Waals surface area (Å²) in [4.78, 5) is 45.0. The second kappa shape index (κ2) is 11.5. The molecule has 0 atom stereocenters. The van der Waals surface area contributed by atoms with Crippen LogP contribution in [0.2, 0.25) is 0 Å². The maximum absolute atomic E-state index is 12.9. The van der Waals surface area contributed by atoms with E-state index in [4.69, 9.17) is 4.74 Å². The first kappa shape index (κ1) is 24.9. The Morgan fingerprint density at radius 1 is 1.03 bits per heavy atom. The average molecular weight is 481 g/mol. The molecule has 35 heavy (non-hydrogen) atoms. The Kier molecular flexibility index (Phi) is 8.21. The van der Waals surface area contributed by atoms with Crippen molar-refractivity contribution in [2.45, 2.75) is 57.9 Å². The maximum Gasteiger partial charge on any atom is 0.347 e. The van der Waals surface area contributed by atoms with E-state index in [1.54, 1.807) is 12.3 Å². The Labute approximate surface area is 206 Å². The molecular weight excluding hydrogens is 444 g/mol. The SMILES string of the molecule is CN1CC2(CCCCc3ccccc3OCCCC1=O)CCN(C(=O)Cn1cccnc1=O)CC2. The summed E-state index contributed by atoms with van der Waals surface area (Å²) in [6.07, 6.45) is 10.0. The summed E-state index contributed by atoms with van der Waals surface area (Å²) in [6, 6.07) is 9.86. The van der Waals surface area contributed by atoms with Gasteiger partial charge >= 0.3 is 5.69 Å². The Morgan fingerprint density at radius 2 is 1.83 bits per heavy atom. The van der Waals surface area contributed by atoms with E-state index in [-0.39, 0.29) is 23.8 Å². The van der Waals surface area contributed by atoms with Gasteiger partial charge in [-0.2, -0.15) is 0 Å². The molecule has 2 aliphatic rings. The minimum Gasteiger partial charge on any atom is -0.493 e. The number of hydrogen-bond donors (Lipinski definition) is 0. The van der Waals surface area contributed by atoms with Gasteiger partial charge in [0.1, 0.15) is 12.3 Å². The number of hydrogen-bond acceptors (Lipinski definition) is 5. The number of benzene rings is 1. The van der Waals surface area contributed by atoms with Crippen molar-refractivity contribution < 1.29 is 14.3 Å². The summed E-state index contributed by atoms with van der Waals surface area (Å²) in [5, 5.41) is 0. The van der Waals surface area contributed by atoms with Crippen LogP contribution in [-0.4, -0.2) is 64.5 Å². The smallest absolute Gasteiger partial charge is 0.347 e. The molecule has 0 unspecified atom stereocenters. The number of amides is 2. The molecule has 0 bridgehead atoms. The number of likely N-dealkylation sites (tertiary alicyclic amines) is 1. The number of aromatic nitrogens is 2. The first-order valence-corrected chi connectivity index (χ1v) is 12.7. The molecule has 1 saturated heterocycles. The van der Waals surface area contributed by atoms with Gasteiger partial charge in [-0.1, -0.05) is 24.6 Å². The zero-order valence-electron chi connectivity index (χ0n) is 20.7. The van der Waals surface area contributed by atoms with Gasteiger partial charge in [0.05, 0.1) is 6.61 Å². The van der Waals surface area contributed by atoms with E-state index in [1.165, 1.54) is 16.3 Å². The van der Waals surface area contributed by atoms with E-state index in [2.05, 4.69) is 17.1 Å². The predicted octanol–water partition coefficient (Wildman–Crippen LogP) is 2.90. The third-order valence-corrected chi connectivity index (χ3v) is 7.43. The minimum absolute atomic E-state index is 0.00641. The molecule has 0 saturated carbocycles. The number of rotatable bonds is 2. The fourth-order valence-electron chi connectivity index (χ4n) is 5.33. The van der Waals surface area contributed by atoms with Gasteiger partial charge in [0.25, 0.3) is 0 Å². The Hall–Kier alpha value is -3.16. The Bertz CT molecular complexity index is 1070. The number of carbonyl (C=O) groups is 2. The maximum atomic E-state index is 12.9. The quantitative estimate of drug-likeness (QED) is 0.660. The first-order valence-electron chi connectivity index (χ1n) is 12.7. The van der Waals surface area contributed by atoms with Gasteiger partial charge in [-0.3, -0.25) is 14.2 Å². The van der Waals surface area contributed by atoms with Crippen molar-refractivity contribution in [1.82, 2.24) is 19.4 Å². The number of nitrogens with zero attached hydrogens (tertiary/aromatic N) is 4. The molecule has 2 amide bonds. The van der Waals surface area contributed by atoms with Gasteiger partial charge in [0.2, 0.25) is 11.8 Å². The van der Waals surface area contributed by atoms with E-state index in [9.17, 15) is 14.4 Å². The lowest BCUT2D eigenvalue weighted by Gasteiger charge is -2.44. The number of ether oxygens (including phenoxy) is 1. The zero-order valence-corrected chi connectivity index (χ0v) is 20.7. The van der Waals surface area contributed by atoms with E-state index in [0.29, 0.717) is 39.1 Å². The lowest BCUT2D eigenvalue weighted by molar-refractivity contribution is -0.137. The van der Waals surface area contributed by atoms with Gasteiger partial charge < -0.3 is 14.5 Å². The standard InChI is InChI=1S/C27H36N4O4/c1-29-21-27(13-17-30(18-14-27)25(33)20-31-16-7-15-28-26(31)34)12-5-4-9-22-8-2-3-10-23(22)35-19-6-11-24(29)32/h2-3,7-8,10,15-16H,4-6,9,11-14,17-21H2,1H3. The minimum atomic E-state index is -0.410. The molecule has 1 aromatic heterocycles. The number of para-hydroxylation sites is 1. The lowest BCUT2D eigenvalue weighted by Crippen LogP contribution is -2.49. The highest BCUT2D eigenvalue weighted by atomic mass is 16.5. The van der Waals surface area contributed by atoms with Crippen LogP contribution in [0.25, 0.3) is 0 Å². The average Bonchev–Trinajstić information content (AvgIpc) is 2.86. The van der Waals surface area contributed by atoms with Crippen LogP contribution >= 0.6 is 0 Å². The van der Waals surface area contributed by atoms with Gasteiger partial charge in [0.15, 0.2) is 0 Å². The highest BCUT2D eigenvalue weighted by Gasteiger charge is 2.37. The van der Waals surface area contributed by atoms with Gasteiger partial charge in [-0.05, 0) is 61.6 Å². The number of piperidine rings is 1. The van der Waals surface area contributed by atoms with Crippen LogP contribution in [0.15, 0.2) is 47.5 Å². The van der Waals surface area contributed by atoms with Gasteiger partial charge in [-0.25, -0.2) is 9.78 Å². The van der Waals surface area contributed by atoms with Crippen molar-refractivity contribution in [2.24, 2.45) is 5.41 Å². The molecule has 8 heteroatoms. The third-order valence-electron chi connectivity index (χ3n) is 7.43. The highest BCUT2D eigenvalue weighted by molar-refractivity contribution is 5.76. The number of aryl methyl sites for hydroxylation is 1. The van der Waals surface area contributed by atoms with Crippen LogP contribution in [0, 0.1) is 5.41 Å². The normalized spacial score (nSPS) is 19.5. The van der Waals surface area contributed by atoms with Crippen molar-refractivity contribution in [1.29, 1.82) is 0 Å². The van der Waals surface area contributed by atoms with Crippen molar-refractivity contribution in [3.8, 4) is 5.75 Å². The van der Waals surface area contributed by atoms with Crippen molar-refractivity contribution in [3.05, 3.63) is 58.8 Å². The summed E-state index contributed by atoms with van der Waals surface area (Å²) in [5.74, 6) is 1.02. The predicted molar refractivity (Wildman–Crippen MR) is 133 cm³/mol.